The van der Waals surface area contributed by atoms with Gasteiger partial charge in [0.25, 0.3) is 0 Å². The number of carbonyl (C=O) groups excluding carboxylic acids is 1. The molecule has 0 unspecified atom stereocenters. The Morgan fingerprint density at radius 1 is 1.23 bits per heavy atom. The molecule has 0 aliphatic carbocycles. The maximum absolute atomic E-state index is 12.5. The average Bonchev–Trinajstić information content (AvgIpc) is 2.67. The van der Waals surface area contributed by atoms with Crippen LogP contribution in [-0.2, 0) is 16.0 Å². The number of halogens is 1. The van der Waals surface area contributed by atoms with Gasteiger partial charge in [-0.1, -0.05) is 29.8 Å². The highest BCUT2D eigenvalue weighted by Crippen LogP contribution is 2.34. The molecule has 1 N–H and O–H groups in total. The topological polar surface area (TPSA) is 50.8 Å². The molecule has 0 atom stereocenters. The van der Waals surface area contributed by atoms with Gasteiger partial charge in [-0.3, -0.25) is 4.79 Å². The van der Waals surface area contributed by atoms with Crippen LogP contribution in [0.5, 0.6) is 5.75 Å². The summed E-state index contributed by atoms with van der Waals surface area (Å²) in [4.78, 5) is 14.6. The van der Waals surface area contributed by atoms with Crippen molar-refractivity contribution in [3.8, 4) is 5.75 Å². The molecule has 1 amide bonds. The number of ether oxygens (including phenoxy) is 2. The van der Waals surface area contributed by atoms with Crippen LogP contribution in [-0.4, -0.2) is 39.3 Å². The normalized spacial score (nSPS) is 14.2. The highest BCUT2D eigenvalue weighted by Gasteiger charge is 2.19. The molecule has 0 spiro atoms. The van der Waals surface area contributed by atoms with E-state index in [1.165, 1.54) is 0 Å². The van der Waals surface area contributed by atoms with Crippen LogP contribution in [0.4, 0.5) is 11.4 Å². The molecule has 1 heterocycles. The minimum atomic E-state index is -0.0374. The lowest BCUT2D eigenvalue weighted by atomic mass is 10.1. The van der Waals surface area contributed by atoms with Crippen molar-refractivity contribution >= 4 is 28.9 Å². The molecule has 26 heavy (non-hydrogen) atoms. The fourth-order valence-corrected chi connectivity index (χ4v) is 3.32. The number of nitrogens with zero attached hydrogens (tertiary/aromatic N) is 1. The summed E-state index contributed by atoms with van der Waals surface area (Å²) in [6.07, 6.45) is 1.04. The number of amides is 1. The summed E-state index contributed by atoms with van der Waals surface area (Å²) in [5.74, 6) is 0.761. The maximum Gasteiger partial charge on any atom is 0.224 e. The molecular weight excluding hydrogens is 352 g/mol. The van der Waals surface area contributed by atoms with E-state index >= 15 is 0 Å². The third-order valence-electron chi connectivity index (χ3n) is 4.36. The Bertz CT molecular complexity index is 760. The molecule has 5 nitrogen and oxygen atoms in total. The highest BCUT2D eigenvalue weighted by molar-refractivity contribution is 6.34. The molecule has 1 fully saturated rings. The Kier molecular flexibility index (Phi) is 6.36. The van der Waals surface area contributed by atoms with Crippen LogP contribution in [0.1, 0.15) is 12.0 Å². The van der Waals surface area contributed by atoms with Gasteiger partial charge >= 0.3 is 0 Å². The first kappa shape index (κ1) is 18.5. The fourth-order valence-electron chi connectivity index (χ4n) is 3.02. The van der Waals surface area contributed by atoms with E-state index in [1.54, 1.807) is 7.11 Å². The van der Waals surface area contributed by atoms with E-state index in [0.29, 0.717) is 31.1 Å². The van der Waals surface area contributed by atoms with Gasteiger partial charge in [-0.05, 0) is 36.2 Å². The van der Waals surface area contributed by atoms with Crippen molar-refractivity contribution in [3.63, 3.8) is 0 Å². The molecule has 3 rings (SSSR count). The van der Waals surface area contributed by atoms with Crippen molar-refractivity contribution in [1.82, 2.24) is 0 Å². The van der Waals surface area contributed by atoms with E-state index in [1.807, 2.05) is 42.5 Å². The average molecular weight is 375 g/mol. The fraction of sp³-hybridized carbons (Fsp3) is 0.350. The standard InChI is InChI=1S/C20H23ClN2O3/c1-25-16-5-2-4-15(14-16)8-9-19(24)22-18-7-3-6-17(21)20(18)23-10-12-26-13-11-23/h2-7,14H,8-13H2,1H3,(H,22,24). The first-order chi connectivity index (χ1) is 12.7. The van der Waals surface area contributed by atoms with E-state index in [9.17, 15) is 4.79 Å². The summed E-state index contributed by atoms with van der Waals surface area (Å²) < 4.78 is 10.6. The predicted molar refractivity (Wildman–Crippen MR) is 104 cm³/mol. The number of para-hydroxylation sites is 1. The quantitative estimate of drug-likeness (QED) is 0.836. The maximum atomic E-state index is 12.5. The lowest BCUT2D eigenvalue weighted by molar-refractivity contribution is -0.116. The van der Waals surface area contributed by atoms with Gasteiger partial charge in [-0.15, -0.1) is 0 Å². The van der Waals surface area contributed by atoms with Crippen molar-refractivity contribution in [2.45, 2.75) is 12.8 Å². The SMILES string of the molecule is COc1cccc(CCC(=O)Nc2cccc(Cl)c2N2CCOCC2)c1. The molecule has 0 radical (unpaired) electrons. The van der Waals surface area contributed by atoms with Crippen molar-refractivity contribution in [1.29, 1.82) is 0 Å². The van der Waals surface area contributed by atoms with Gasteiger partial charge in [0.2, 0.25) is 5.91 Å². The van der Waals surface area contributed by atoms with Crippen molar-refractivity contribution < 1.29 is 14.3 Å². The summed E-state index contributed by atoms with van der Waals surface area (Å²) in [6, 6.07) is 13.4. The molecule has 0 saturated carbocycles. The second kappa shape index (κ2) is 8.92. The van der Waals surface area contributed by atoms with Crippen molar-refractivity contribution in [2.75, 3.05) is 43.6 Å². The van der Waals surface area contributed by atoms with Gasteiger partial charge in [-0.2, -0.15) is 0 Å². The molecule has 6 heteroatoms. The number of benzene rings is 2. The zero-order valence-electron chi connectivity index (χ0n) is 14.8. The molecule has 0 aromatic heterocycles. The minimum Gasteiger partial charge on any atom is -0.497 e. The predicted octanol–water partition coefficient (Wildman–Crippen LogP) is 3.76. The summed E-state index contributed by atoms with van der Waals surface area (Å²) in [5, 5.41) is 3.65. The van der Waals surface area contributed by atoms with Crippen LogP contribution in [0.2, 0.25) is 5.02 Å². The molecule has 1 saturated heterocycles. The molecule has 2 aromatic carbocycles. The minimum absolute atomic E-state index is 0.0374. The second-order valence-electron chi connectivity index (χ2n) is 6.14. The summed E-state index contributed by atoms with van der Waals surface area (Å²) in [7, 11) is 1.64. The largest absolute Gasteiger partial charge is 0.497 e. The van der Waals surface area contributed by atoms with Crippen molar-refractivity contribution in [3.05, 3.63) is 53.1 Å². The van der Waals surface area contributed by atoms with Gasteiger partial charge in [0.15, 0.2) is 0 Å². The zero-order chi connectivity index (χ0) is 18.4. The second-order valence-corrected chi connectivity index (χ2v) is 6.54. The first-order valence-corrected chi connectivity index (χ1v) is 9.09. The Labute approximate surface area is 158 Å². The Balaban J connectivity index is 1.66. The number of hydrogen-bond acceptors (Lipinski definition) is 4. The van der Waals surface area contributed by atoms with E-state index in [4.69, 9.17) is 21.1 Å². The third kappa shape index (κ3) is 4.68. The van der Waals surface area contributed by atoms with Gasteiger partial charge in [0.05, 0.1) is 36.7 Å². The van der Waals surface area contributed by atoms with Gasteiger partial charge in [0.1, 0.15) is 5.75 Å². The Hall–Kier alpha value is -2.24. The van der Waals surface area contributed by atoms with Crippen LogP contribution >= 0.6 is 11.6 Å². The highest BCUT2D eigenvalue weighted by atomic mass is 35.5. The number of rotatable bonds is 6. The number of hydrogen-bond donors (Lipinski definition) is 1. The third-order valence-corrected chi connectivity index (χ3v) is 4.67. The number of carbonyl (C=O) groups is 1. The number of nitrogens with one attached hydrogen (secondary N) is 1. The lowest BCUT2D eigenvalue weighted by Gasteiger charge is -2.31. The van der Waals surface area contributed by atoms with Crippen LogP contribution in [0.15, 0.2) is 42.5 Å². The molecule has 0 bridgehead atoms. The number of morpholine rings is 1. The van der Waals surface area contributed by atoms with Crippen LogP contribution in [0.25, 0.3) is 0 Å². The lowest BCUT2D eigenvalue weighted by Crippen LogP contribution is -2.37. The number of anilines is 2. The first-order valence-electron chi connectivity index (χ1n) is 8.71. The molecular formula is C20H23ClN2O3. The number of methoxy groups -OCH3 is 1. The van der Waals surface area contributed by atoms with E-state index in [2.05, 4.69) is 10.2 Å². The summed E-state index contributed by atoms with van der Waals surface area (Å²) in [6.45, 7) is 2.84. The van der Waals surface area contributed by atoms with Crippen LogP contribution in [0.3, 0.4) is 0 Å². The molecule has 1 aliphatic rings. The summed E-state index contributed by atoms with van der Waals surface area (Å²) in [5.41, 5.74) is 2.68. The van der Waals surface area contributed by atoms with E-state index in [-0.39, 0.29) is 5.91 Å². The molecule has 2 aromatic rings. The van der Waals surface area contributed by atoms with E-state index < -0.39 is 0 Å². The van der Waals surface area contributed by atoms with Gasteiger partial charge in [-0.25, -0.2) is 0 Å². The monoisotopic (exact) mass is 374 g/mol. The van der Waals surface area contributed by atoms with Crippen LogP contribution < -0.4 is 15.0 Å². The molecule has 1 aliphatic heterocycles. The van der Waals surface area contributed by atoms with E-state index in [0.717, 1.165) is 35.8 Å². The summed E-state index contributed by atoms with van der Waals surface area (Å²) >= 11 is 6.40. The Morgan fingerprint density at radius 2 is 2.00 bits per heavy atom. The smallest absolute Gasteiger partial charge is 0.224 e. The van der Waals surface area contributed by atoms with Crippen LogP contribution in [0, 0.1) is 0 Å². The van der Waals surface area contributed by atoms with Gasteiger partial charge in [0, 0.05) is 19.5 Å². The molecule has 138 valence electrons. The number of aryl methyl sites for hydroxylation is 1. The zero-order valence-corrected chi connectivity index (χ0v) is 15.6. The Morgan fingerprint density at radius 3 is 2.77 bits per heavy atom. The van der Waals surface area contributed by atoms with Gasteiger partial charge < -0.3 is 19.7 Å². The van der Waals surface area contributed by atoms with Crippen molar-refractivity contribution in [2.24, 2.45) is 0 Å².